The third-order valence-corrected chi connectivity index (χ3v) is 2.43. The molecule has 0 spiro atoms. The Morgan fingerprint density at radius 2 is 2.14 bits per heavy atom. The van der Waals surface area contributed by atoms with Gasteiger partial charge in [0.15, 0.2) is 5.82 Å². The Balaban J connectivity index is 1.90. The number of carbonyl (C=O) groups excluding carboxylic acids is 2. The number of aromatic nitrogens is 4. The number of carbonyl (C=O) groups is 2. The van der Waals surface area contributed by atoms with Gasteiger partial charge in [-0.25, -0.2) is 9.48 Å². The van der Waals surface area contributed by atoms with Crippen LogP contribution in [0.25, 0.3) is 0 Å². The van der Waals surface area contributed by atoms with Gasteiger partial charge in [-0.1, -0.05) is 5.21 Å². The lowest BCUT2D eigenvalue weighted by atomic mass is 10.4. The molecule has 110 valence electrons. The van der Waals surface area contributed by atoms with Crippen molar-refractivity contribution in [3.05, 3.63) is 30.7 Å². The van der Waals surface area contributed by atoms with Crippen LogP contribution in [0.5, 0.6) is 0 Å². The number of hydrogen-bond donors (Lipinski definition) is 2. The molecular formula is C12H15N7O2. The van der Waals surface area contributed by atoms with E-state index in [0.29, 0.717) is 5.69 Å². The van der Waals surface area contributed by atoms with Crippen LogP contribution in [0.2, 0.25) is 0 Å². The summed E-state index contributed by atoms with van der Waals surface area (Å²) in [4.78, 5) is 28.5. The number of anilines is 2. The highest BCUT2D eigenvalue weighted by Gasteiger charge is 2.09. The highest BCUT2D eigenvalue weighted by Crippen LogP contribution is 2.04. The van der Waals surface area contributed by atoms with Crippen molar-refractivity contribution in [1.82, 2.24) is 24.9 Å². The minimum atomic E-state index is -0.318. The summed E-state index contributed by atoms with van der Waals surface area (Å²) < 4.78 is 1.33. The molecule has 2 aromatic heterocycles. The van der Waals surface area contributed by atoms with E-state index in [1.54, 1.807) is 38.6 Å². The molecule has 2 aromatic rings. The molecular weight excluding hydrogens is 274 g/mol. The maximum Gasteiger partial charge on any atom is 0.322 e. The normalized spacial score (nSPS) is 10.0. The molecule has 0 atom stereocenters. The van der Waals surface area contributed by atoms with E-state index in [4.69, 9.17) is 0 Å². The van der Waals surface area contributed by atoms with Crippen LogP contribution in [0.1, 0.15) is 0 Å². The van der Waals surface area contributed by atoms with E-state index in [9.17, 15) is 9.59 Å². The van der Waals surface area contributed by atoms with Crippen molar-refractivity contribution >= 4 is 23.4 Å². The number of nitrogens with zero attached hydrogens (tertiary/aromatic N) is 5. The lowest BCUT2D eigenvalue weighted by Gasteiger charge is -2.09. The summed E-state index contributed by atoms with van der Waals surface area (Å²) in [6.07, 6.45) is 4.64. The molecule has 0 radical (unpaired) electrons. The Kier molecular flexibility index (Phi) is 4.44. The monoisotopic (exact) mass is 289 g/mol. The molecule has 3 amide bonds. The molecule has 21 heavy (non-hydrogen) atoms. The fourth-order valence-electron chi connectivity index (χ4n) is 1.44. The summed E-state index contributed by atoms with van der Waals surface area (Å²) in [6.45, 7) is -0.0142. The van der Waals surface area contributed by atoms with Crippen molar-refractivity contribution in [1.29, 1.82) is 0 Å². The third-order valence-electron chi connectivity index (χ3n) is 2.43. The molecule has 0 unspecified atom stereocenters. The second kappa shape index (κ2) is 6.46. The smallest absolute Gasteiger partial charge is 0.322 e. The van der Waals surface area contributed by atoms with E-state index in [-0.39, 0.29) is 24.3 Å². The molecule has 0 bridgehead atoms. The van der Waals surface area contributed by atoms with Gasteiger partial charge in [-0.2, -0.15) is 0 Å². The molecule has 2 N–H and O–H groups in total. The Hall–Kier alpha value is -2.97. The second-order valence-corrected chi connectivity index (χ2v) is 4.42. The van der Waals surface area contributed by atoms with Crippen LogP contribution in [0.4, 0.5) is 16.3 Å². The molecule has 0 aliphatic rings. The van der Waals surface area contributed by atoms with Gasteiger partial charge in [-0.15, -0.1) is 5.10 Å². The lowest BCUT2D eigenvalue weighted by molar-refractivity contribution is -0.116. The quantitative estimate of drug-likeness (QED) is 0.848. The Labute approximate surface area is 121 Å². The van der Waals surface area contributed by atoms with Gasteiger partial charge < -0.3 is 10.2 Å². The number of pyridine rings is 1. The molecule has 0 saturated heterocycles. The zero-order valence-electron chi connectivity index (χ0n) is 11.6. The van der Waals surface area contributed by atoms with E-state index in [1.165, 1.54) is 15.8 Å². The zero-order valence-corrected chi connectivity index (χ0v) is 11.6. The number of hydrogen-bond acceptors (Lipinski definition) is 5. The van der Waals surface area contributed by atoms with Crippen molar-refractivity contribution < 1.29 is 9.59 Å². The minimum Gasteiger partial charge on any atom is -0.331 e. The molecule has 0 aliphatic carbocycles. The first-order valence-electron chi connectivity index (χ1n) is 6.13. The lowest BCUT2D eigenvalue weighted by Crippen LogP contribution is -2.27. The standard InChI is InChI=1S/C12H15N7O2/c1-18(2)12(21)15-10-7-19(17-16-10)8-11(20)14-9-4-3-5-13-6-9/h3-7H,8H2,1-2H3,(H,14,20)(H,15,21). The highest BCUT2D eigenvalue weighted by atomic mass is 16.2. The minimum absolute atomic E-state index is 0.0142. The fourth-order valence-corrected chi connectivity index (χ4v) is 1.44. The third kappa shape index (κ3) is 4.27. The van der Waals surface area contributed by atoms with Crippen LogP contribution in [-0.4, -0.2) is 50.9 Å². The average molecular weight is 289 g/mol. The summed E-state index contributed by atoms with van der Waals surface area (Å²) in [7, 11) is 3.22. The molecule has 0 saturated carbocycles. The van der Waals surface area contributed by atoms with Crippen LogP contribution in [0.15, 0.2) is 30.7 Å². The molecule has 0 aromatic carbocycles. The Bertz CT molecular complexity index is 624. The first-order valence-corrected chi connectivity index (χ1v) is 6.13. The van der Waals surface area contributed by atoms with Crippen molar-refractivity contribution in [3.63, 3.8) is 0 Å². The topological polar surface area (TPSA) is 105 Å². The van der Waals surface area contributed by atoms with Crippen LogP contribution >= 0.6 is 0 Å². The largest absolute Gasteiger partial charge is 0.331 e. The van der Waals surface area contributed by atoms with Gasteiger partial charge >= 0.3 is 6.03 Å². The number of urea groups is 1. The van der Waals surface area contributed by atoms with E-state index >= 15 is 0 Å². The van der Waals surface area contributed by atoms with Gasteiger partial charge in [0.2, 0.25) is 5.91 Å². The van der Waals surface area contributed by atoms with E-state index < -0.39 is 0 Å². The second-order valence-electron chi connectivity index (χ2n) is 4.42. The number of nitrogens with one attached hydrogen (secondary N) is 2. The maximum atomic E-state index is 11.8. The maximum absolute atomic E-state index is 11.8. The van der Waals surface area contributed by atoms with Gasteiger partial charge in [0.05, 0.1) is 18.1 Å². The van der Waals surface area contributed by atoms with Crippen LogP contribution in [0.3, 0.4) is 0 Å². The molecule has 0 aliphatic heterocycles. The highest BCUT2D eigenvalue weighted by molar-refractivity contribution is 5.90. The predicted octanol–water partition coefficient (Wildman–Crippen LogP) is 0.405. The predicted molar refractivity (Wildman–Crippen MR) is 75.6 cm³/mol. The number of rotatable bonds is 4. The van der Waals surface area contributed by atoms with Gasteiger partial charge in [0.1, 0.15) is 6.54 Å². The van der Waals surface area contributed by atoms with Crippen LogP contribution in [-0.2, 0) is 11.3 Å². The Morgan fingerprint density at radius 3 is 2.81 bits per heavy atom. The molecule has 2 heterocycles. The van der Waals surface area contributed by atoms with Crippen molar-refractivity contribution in [2.24, 2.45) is 0 Å². The summed E-state index contributed by atoms with van der Waals surface area (Å²) in [5.74, 6) is 0.0151. The van der Waals surface area contributed by atoms with Gasteiger partial charge in [-0.3, -0.25) is 15.1 Å². The molecule has 9 nitrogen and oxygen atoms in total. The number of amides is 3. The van der Waals surface area contributed by atoms with E-state index in [2.05, 4.69) is 25.9 Å². The van der Waals surface area contributed by atoms with Crippen molar-refractivity contribution in [2.45, 2.75) is 6.54 Å². The van der Waals surface area contributed by atoms with Gasteiger partial charge in [0.25, 0.3) is 0 Å². The summed E-state index contributed by atoms with van der Waals surface area (Å²) in [5, 5.41) is 12.7. The van der Waals surface area contributed by atoms with Gasteiger partial charge in [-0.05, 0) is 12.1 Å². The molecule has 2 rings (SSSR count). The van der Waals surface area contributed by atoms with Crippen LogP contribution < -0.4 is 10.6 Å². The zero-order chi connectivity index (χ0) is 15.2. The molecule has 0 fully saturated rings. The van der Waals surface area contributed by atoms with Crippen LogP contribution in [0, 0.1) is 0 Å². The van der Waals surface area contributed by atoms with Crippen molar-refractivity contribution in [3.8, 4) is 0 Å². The first-order chi connectivity index (χ1) is 10.0. The summed E-state index contributed by atoms with van der Waals surface area (Å²) in [5.41, 5.74) is 0.601. The van der Waals surface area contributed by atoms with Gasteiger partial charge in [0, 0.05) is 20.3 Å². The fraction of sp³-hybridized carbons (Fsp3) is 0.250. The summed E-state index contributed by atoms with van der Waals surface area (Å²) >= 11 is 0. The van der Waals surface area contributed by atoms with E-state index in [1.807, 2.05) is 0 Å². The Morgan fingerprint density at radius 1 is 1.33 bits per heavy atom. The SMILES string of the molecule is CN(C)C(=O)Nc1cn(CC(=O)Nc2cccnc2)nn1. The first kappa shape index (κ1) is 14.4. The van der Waals surface area contributed by atoms with Crippen molar-refractivity contribution in [2.75, 3.05) is 24.7 Å². The summed E-state index contributed by atoms with van der Waals surface area (Å²) in [6, 6.07) is 3.14. The van der Waals surface area contributed by atoms with E-state index in [0.717, 1.165) is 0 Å². The molecule has 9 heteroatoms. The average Bonchev–Trinajstić information content (AvgIpc) is 2.86.